The van der Waals surface area contributed by atoms with Gasteiger partial charge in [-0.15, -0.1) is 0 Å². The Bertz CT molecular complexity index is 1190. The van der Waals surface area contributed by atoms with E-state index in [0.29, 0.717) is 40.1 Å². The molecule has 0 saturated carbocycles. The van der Waals surface area contributed by atoms with Crippen LogP contribution in [0.5, 0.6) is 0 Å². The molecule has 0 bridgehead atoms. The van der Waals surface area contributed by atoms with E-state index in [1.165, 1.54) is 4.57 Å². The average molecular weight is 335 g/mol. The molecule has 0 aromatic carbocycles. The third-order valence-corrected chi connectivity index (χ3v) is 4.12. The Morgan fingerprint density at radius 1 is 1.04 bits per heavy atom. The van der Waals surface area contributed by atoms with Gasteiger partial charge in [0.2, 0.25) is 0 Å². The average Bonchev–Trinajstić information content (AvgIpc) is 3.11. The van der Waals surface area contributed by atoms with Crippen LogP contribution >= 0.6 is 0 Å². The van der Waals surface area contributed by atoms with Crippen LogP contribution in [0.15, 0.2) is 52.4 Å². The van der Waals surface area contributed by atoms with Gasteiger partial charge in [0.15, 0.2) is 0 Å². The van der Waals surface area contributed by atoms with Gasteiger partial charge in [-0.1, -0.05) is 13.8 Å². The Morgan fingerprint density at radius 2 is 1.76 bits per heavy atom. The summed E-state index contributed by atoms with van der Waals surface area (Å²) in [6.45, 7) is 4.73. The second-order valence-electron chi connectivity index (χ2n) is 6.45. The second kappa shape index (κ2) is 5.70. The number of nitrogens with one attached hydrogen (secondary N) is 1. The molecule has 0 unspecified atom stereocenters. The van der Waals surface area contributed by atoms with Crippen LogP contribution in [-0.4, -0.2) is 24.3 Å². The highest BCUT2D eigenvalue weighted by Gasteiger charge is 2.11. The molecule has 0 aliphatic carbocycles. The number of pyridine rings is 3. The van der Waals surface area contributed by atoms with Crippen molar-refractivity contribution in [1.82, 2.24) is 24.3 Å². The van der Waals surface area contributed by atoms with Crippen LogP contribution < -0.4 is 11.1 Å². The van der Waals surface area contributed by atoms with Crippen LogP contribution in [0.4, 0.5) is 0 Å². The molecule has 7 heteroatoms. The van der Waals surface area contributed by atoms with E-state index in [2.05, 4.69) is 29.0 Å². The van der Waals surface area contributed by atoms with Crippen molar-refractivity contribution in [3.05, 3.63) is 63.6 Å². The number of nitrogens with zero attached hydrogens (tertiary/aromatic N) is 4. The lowest BCUT2D eigenvalue weighted by Gasteiger charge is -2.10. The van der Waals surface area contributed by atoms with Gasteiger partial charge in [0.25, 0.3) is 11.1 Å². The van der Waals surface area contributed by atoms with Gasteiger partial charge in [0, 0.05) is 25.0 Å². The topological polar surface area (TPSA) is 85.6 Å². The Morgan fingerprint density at radius 3 is 2.44 bits per heavy atom. The zero-order valence-electron chi connectivity index (χ0n) is 13.9. The van der Waals surface area contributed by atoms with Gasteiger partial charge in [-0.2, -0.15) is 5.10 Å². The van der Waals surface area contributed by atoms with E-state index in [1.807, 2.05) is 6.07 Å². The van der Waals surface area contributed by atoms with Gasteiger partial charge < -0.3 is 4.57 Å². The quantitative estimate of drug-likeness (QED) is 0.581. The lowest BCUT2D eigenvalue weighted by atomic mass is 10.1. The minimum atomic E-state index is -0.241. The van der Waals surface area contributed by atoms with Gasteiger partial charge in [-0.3, -0.25) is 19.3 Å². The Kier molecular flexibility index (Phi) is 3.49. The van der Waals surface area contributed by atoms with E-state index in [-0.39, 0.29) is 11.1 Å². The summed E-state index contributed by atoms with van der Waals surface area (Å²) in [5, 5.41) is 7.49. The van der Waals surface area contributed by atoms with Crippen molar-refractivity contribution in [2.45, 2.75) is 20.4 Å². The van der Waals surface area contributed by atoms with Crippen molar-refractivity contribution < 1.29 is 0 Å². The SMILES string of the molecule is CC(C)Cn1ccc2nc3ccn(-c4ccn[nH]4)c(=O)c3cc2c1=O. The highest BCUT2D eigenvalue weighted by Crippen LogP contribution is 2.15. The molecule has 0 atom stereocenters. The summed E-state index contributed by atoms with van der Waals surface area (Å²) in [4.78, 5) is 30.0. The van der Waals surface area contributed by atoms with Crippen LogP contribution in [0.1, 0.15) is 13.8 Å². The van der Waals surface area contributed by atoms with Crippen molar-refractivity contribution in [2.75, 3.05) is 0 Å². The Balaban J connectivity index is 2.01. The van der Waals surface area contributed by atoms with Crippen LogP contribution in [-0.2, 0) is 6.54 Å². The Hall–Kier alpha value is -3.22. The number of fused-ring (bicyclic) bond motifs is 2. The number of hydrogen-bond donors (Lipinski definition) is 1. The summed E-state index contributed by atoms with van der Waals surface area (Å²) in [5.41, 5.74) is 0.789. The molecule has 0 amide bonds. The highest BCUT2D eigenvalue weighted by atomic mass is 16.1. The maximum absolute atomic E-state index is 12.8. The number of hydrogen-bond acceptors (Lipinski definition) is 4. The third kappa shape index (κ3) is 2.53. The lowest BCUT2D eigenvalue weighted by molar-refractivity contribution is 0.513. The number of H-pyrrole nitrogens is 1. The minimum Gasteiger partial charge on any atom is -0.315 e. The summed E-state index contributed by atoms with van der Waals surface area (Å²) in [6.07, 6.45) is 4.99. The molecule has 126 valence electrons. The summed E-state index contributed by atoms with van der Waals surface area (Å²) >= 11 is 0. The zero-order valence-corrected chi connectivity index (χ0v) is 13.9. The fourth-order valence-electron chi connectivity index (χ4n) is 2.97. The van der Waals surface area contributed by atoms with Gasteiger partial charge in [-0.25, -0.2) is 4.98 Å². The first-order chi connectivity index (χ1) is 12.0. The number of aromatic nitrogens is 5. The molecule has 0 fully saturated rings. The molecule has 25 heavy (non-hydrogen) atoms. The molecule has 0 aliphatic heterocycles. The van der Waals surface area contributed by atoms with Gasteiger partial charge in [-0.05, 0) is 24.1 Å². The van der Waals surface area contributed by atoms with E-state index in [9.17, 15) is 9.59 Å². The standard InChI is InChI=1S/C18H17N5O2/c1-11(2)10-22-7-4-14-12(17(22)24)9-13-15(20-14)5-8-23(18(13)25)16-3-6-19-21-16/h3-9,11H,10H2,1-2H3,(H,19,21). The van der Waals surface area contributed by atoms with E-state index in [4.69, 9.17) is 0 Å². The molecular weight excluding hydrogens is 318 g/mol. The normalized spacial score (nSPS) is 11.6. The lowest BCUT2D eigenvalue weighted by Crippen LogP contribution is -2.23. The van der Waals surface area contributed by atoms with Crippen LogP contribution in [0.25, 0.3) is 27.6 Å². The molecule has 7 nitrogen and oxygen atoms in total. The number of aromatic amines is 1. The smallest absolute Gasteiger partial charge is 0.265 e. The van der Waals surface area contributed by atoms with E-state index < -0.39 is 0 Å². The van der Waals surface area contributed by atoms with Crippen molar-refractivity contribution in [3.63, 3.8) is 0 Å². The maximum Gasteiger partial charge on any atom is 0.265 e. The monoisotopic (exact) mass is 335 g/mol. The van der Waals surface area contributed by atoms with E-state index in [1.54, 1.807) is 41.4 Å². The fourth-order valence-corrected chi connectivity index (χ4v) is 2.97. The first kappa shape index (κ1) is 15.3. The molecule has 4 aromatic rings. The fraction of sp³-hybridized carbons (Fsp3) is 0.222. The molecule has 4 aromatic heterocycles. The van der Waals surface area contributed by atoms with Crippen LogP contribution in [0.3, 0.4) is 0 Å². The first-order valence-electron chi connectivity index (χ1n) is 8.10. The van der Waals surface area contributed by atoms with Gasteiger partial charge >= 0.3 is 0 Å². The molecule has 4 heterocycles. The van der Waals surface area contributed by atoms with Crippen molar-refractivity contribution in [1.29, 1.82) is 0 Å². The molecule has 0 spiro atoms. The van der Waals surface area contributed by atoms with Crippen molar-refractivity contribution in [3.8, 4) is 5.82 Å². The highest BCUT2D eigenvalue weighted by molar-refractivity contribution is 5.91. The Labute approximate surface area is 142 Å². The van der Waals surface area contributed by atoms with Crippen LogP contribution in [0.2, 0.25) is 0 Å². The predicted molar refractivity (Wildman–Crippen MR) is 96.1 cm³/mol. The molecule has 0 aliphatic rings. The van der Waals surface area contributed by atoms with Gasteiger partial charge in [0.1, 0.15) is 5.82 Å². The largest absolute Gasteiger partial charge is 0.315 e. The van der Waals surface area contributed by atoms with Crippen LogP contribution in [0, 0.1) is 5.92 Å². The molecular formula is C18H17N5O2. The number of rotatable bonds is 3. The second-order valence-corrected chi connectivity index (χ2v) is 6.45. The first-order valence-corrected chi connectivity index (χ1v) is 8.10. The molecule has 0 radical (unpaired) electrons. The molecule has 1 N–H and O–H groups in total. The summed E-state index contributed by atoms with van der Waals surface area (Å²) < 4.78 is 3.12. The summed E-state index contributed by atoms with van der Waals surface area (Å²) in [7, 11) is 0. The van der Waals surface area contributed by atoms with E-state index >= 15 is 0 Å². The molecule has 4 rings (SSSR count). The van der Waals surface area contributed by atoms with Crippen molar-refractivity contribution >= 4 is 21.8 Å². The third-order valence-electron chi connectivity index (χ3n) is 4.12. The summed E-state index contributed by atoms with van der Waals surface area (Å²) in [6, 6.07) is 6.93. The maximum atomic E-state index is 12.8. The van der Waals surface area contributed by atoms with Gasteiger partial charge in [0.05, 0.1) is 28.0 Å². The predicted octanol–water partition coefficient (Wildman–Crippen LogP) is 2.08. The minimum absolute atomic E-state index is 0.128. The molecule has 0 saturated heterocycles. The van der Waals surface area contributed by atoms with E-state index in [0.717, 1.165) is 0 Å². The summed E-state index contributed by atoms with van der Waals surface area (Å²) in [5.74, 6) is 0.915. The zero-order chi connectivity index (χ0) is 17.6. The van der Waals surface area contributed by atoms with Crippen molar-refractivity contribution in [2.24, 2.45) is 5.92 Å².